The van der Waals surface area contributed by atoms with Gasteiger partial charge in [0.15, 0.2) is 5.82 Å². The molecule has 4 aromatic heterocycles. The van der Waals surface area contributed by atoms with Gasteiger partial charge in [-0.15, -0.1) is 0 Å². The molecule has 4 heterocycles. The number of quaternary nitrogens is 1. The maximum absolute atomic E-state index is 13.0. The number of hydrogen-bond donors (Lipinski definition) is 5. The Balaban J connectivity index is 1.37. The second-order valence-electron chi connectivity index (χ2n) is 10.5. The van der Waals surface area contributed by atoms with Crippen LogP contribution in [0.1, 0.15) is 48.5 Å². The van der Waals surface area contributed by atoms with E-state index in [4.69, 9.17) is 0 Å². The first-order valence-corrected chi connectivity index (χ1v) is 13.4. The largest absolute Gasteiger partial charge is 0.351 e. The summed E-state index contributed by atoms with van der Waals surface area (Å²) in [6.07, 6.45) is 8.97. The molecule has 0 atom stereocenters. The first-order chi connectivity index (χ1) is 19.9. The predicted molar refractivity (Wildman–Crippen MR) is 158 cm³/mol. The van der Waals surface area contributed by atoms with Crippen LogP contribution in [0.3, 0.4) is 0 Å². The molecule has 0 unspecified atom stereocenters. The minimum Gasteiger partial charge on any atom is -0.351 e. The Morgan fingerprint density at radius 2 is 1.14 bits per heavy atom. The third kappa shape index (κ3) is 6.96. The zero-order chi connectivity index (χ0) is 30.6. The van der Waals surface area contributed by atoms with E-state index in [0.717, 1.165) is 13.0 Å². The van der Waals surface area contributed by atoms with E-state index >= 15 is 0 Å². The number of imidazole rings is 1. The van der Waals surface area contributed by atoms with Crippen LogP contribution in [0.2, 0.25) is 0 Å². The van der Waals surface area contributed by atoms with Crippen molar-refractivity contribution < 1.29 is 24.1 Å². The minimum atomic E-state index is -0.418. The number of nitrogens with zero attached hydrogens (tertiary/aromatic N) is 5. The van der Waals surface area contributed by atoms with Gasteiger partial charge >= 0.3 is 0 Å². The van der Waals surface area contributed by atoms with E-state index in [0.29, 0.717) is 40.7 Å². The van der Waals surface area contributed by atoms with E-state index in [-0.39, 0.29) is 11.7 Å². The summed E-state index contributed by atoms with van der Waals surface area (Å²) in [6.45, 7) is 1.52. The van der Waals surface area contributed by atoms with Gasteiger partial charge in [-0.1, -0.05) is 0 Å². The summed E-state index contributed by atoms with van der Waals surface area (Å²) in [5.41, 5.74) is 2.37. The second kappa shape index (κ2) is 12.6. The number of amides is 4. The van der Waals surface area contributed by atoms with Crippen molar-refractivity contribution in [1.82, 2.24) is 28.6 Å². The van der Waals surface area contributed by atoms with Crippen molar-refractivity contribution >= 4 is 40.7 Å². The highest BCUT2D eigenvalue weighted by atomic mass is 16.2. The number of anilines is 3. The van der Waals surface area contributed by atoms with Crippen LogP contribution in [-0.2, 0) is 28.2 Å². The van der Waals surface area contributed by atoms with Gasteiger partial charge in [0.25, 0.3) is 23.6 Å². The van der Waals surface area contributed by atoms with Crippen LogP contribution < -0.4 is 26.2 Å². The van der Waals surface area contributed by atoms with Gasteiger partial charge in [-0.2, -0.15) is 0 Å². The van der Waals surface area contributed by atoms with E-state index in [1.54, 1.807) is 89.4 Å². The molecule has 4 rings (SSSR count). The molecular formula is C28H37N10O4+. The van der Waals surface area contributed by atoms with Crippen molar-refractivity contribution in [2.24, 2.45) is 28.2 Å². The maximum atomic E-state index is 13.0. The predicted octanol–water partition coefficient (Wildman–Crippen LogP) is 0.457. The van der Waals surface area contributed by atoms with Crippen molar-refractivity contribution in [1.29, 1.82) is 0 Å². The average molecular weight is 578 g/mol. The molecule has 0 aliphatic rings. The van der Waals surface area contributed by atoms with Gasteiger partial charge in [0.2, 0.25) is 0 Å². The fourth-order valence-electron chi connectivity index (χ4n) is 4.47. The Kier molecular flexibility index (Phi) is 8.96. The van der Waals surface area contributed by atoms with Crippen molar-refractivity contribution in [2.45, 2.75) is 6.42 Å². The molecule has 222 valence electrons. The summed E-state index contributed by atoms with van der Waals surface area (Å²) in [5.74, 6) is -1.19. The lowest BCUT2D eigenvalue weighted by Gasteiger charge is -2.08. The average Bonchev–Trinajstić information content (AvgIpc) is 3.68. The molecule has 0 aliphatic heterocycles. The zero-order valence-corrected chi connectivity index (χ0v) is 24.6. The fraction of sp³-hybridized carbons (Fsp3) is 0.321. The molecule has 14 nitrogen and oxygen atoms in total. The summed E-state index contributed by atoms with van der Waals surface area (Å²) in [5, 5.41) is 11.2. The van der Waals surface area contributed by atoms with E-state index in [9.17, 15) is 19.2 Å². The lowest BCUT2D eigenvalue weighted by molar-refractivity contribution is -0.858. The van der Waals surface area contributed by atoms with Crippen molar-refractivity contribution in [3.63, 3.8) is 0 Å². The summed E-state index contributed by atoms with van der Waals surface area (Å²) in [6, 6.07) is 4.73. The molecule has 42 heavy (non-hydrogen) atoms. The third-order valence-electron chi connectivity index (χ3n) is 6.65. The maximum Gasteiger partial charge on any atom is 0.291 e. The van der Waals surface area contributed by atoms with Crippen LogP contribution in [0.5, 0.6) is 0 Å². The number of hydrogen-bond acceptors (Lipinski definition) is 5. The summed E-state index contributed by atoms with van der Waals surface area (Å²) in [4.78, 5) is 56.4. The monoisotopic (exact) mass is 577 g/mol. The van der Waals surface area contributed by atoms with Crippen LogP contribution in [-0.4, -0.2) is 74.1 Å². The molecule has 14 heteroatoms. The van der Waals surface area contributed by atoms with Crippen molar-refractivity contribution in [3.8, 4) is 0 Å². The Morgan fingerprint density at radius 3 is 1.57 bits per heavy atom. The number of carbonyl (C=O) groups is 4. The molecule has 4 aromatic rings. The van der Waals surface area contributed by atoms with E-state index in [1.165, 1.54) is 11.1 Å². The van der Waals surface area contributed by atoms with Gasteiger partial charge in [0.1, 0.15) is 17.1 Å². The third-order valence-corrected chi connectivity index (χ3v) is 6.65. The quantitative estimate of drug-likeness (QED) is 0.164. The van der Waals surface area contributed by atoms with E-state index in [1.807, 2.05) is 0 Å². The highest BCUT2D eigenvalue weighted by molar-refractivity contribution is 6.08. The number of rotatable bonds is 11. The van der Waals surface area contributed by atoms with Crippen LogP contribution in [0, 0.1) is 0 Å². The highest BCUT2D eigenvalue weighted by Gasteiger charge is 2.19. The first-order valence-electron chi connectivity index (χ1n) is 13.4. The summed E-state index contributed by atoms with van der Waals surface area (Å²) in [7, 11) is 11.0. The Labute approximate surface area is 243 Å². The van der Waals surface area contributed by atoms with Crippen molar-refractivity contribution in [2.75, 3.05) is 43.1 Å². The first kappa shape index (κ1) is 29.9. The van der Waals surface area contributed by atoms with E-state index < -0.39 is 17.7 Å². The normalized spacial score (nSPS) is 11.0. The van der Waals surface area contributed by atoms with Crippen LogP contribution in [0.25, 0.3) is 0 Å². The second-order valence-corrected chi connectivity index (χ2v) is 10.5. The molecule has 0 saturated heterocycles. The smallest absolute Gasteiger partial charge is 0.291 e. The molecule has 5 N–H and O–H groups in total. The topological polar surface area (TPSA) is 153 Å². The Hall–Kier alpha value is -5.11. The van der Waals surface area contributed by atoms with Crippen LogP contribution in [0.4, 0.5) is 17.1 Å². The molecule has 0 aliphatic carbocycles. The molecular weight excluding hydrogens is 540 g/mol. The van der Waals surface area contributed by atoms with E-state index in [2.05, 4.69) is 40.3 Å². The molecule has 0 fully saturated rings. The van der Waals surface area contributed by atoms with Gasteiger partial charge < -0.3 is 44.4 Å². The molecule has 4 amide bonds. The fourth-order valence-corrected chi connectivity index (χ4v) is 4.47. The lowest BCUT2D eigenvalue weighted by Crippen LogP contribution is -3.05. The van der Waals surface area contributed by atoms with Gasteiger partial charge in [0.05, 0.1) is 37.7 Å². The molecule has 0 bridgehead atoms. The van der Waals surface area contributed by atoms with Crippen molar-refractivity contribution in [3.05, 3.63) is 72.1 Å². The highest BCUT2D eigenvalue weighted by Crippen LogP contribution is 2.20. The van der Waals surface area contributed by atoms with Gasteiger partial charge in [0, 0.05) is 72.1 Å². The number of aryl methyl sites for hydroxylation is 4. The Morgan fingerprint density at radius 1 is 0.690 bits per heavy atom. The van der Waals surface area contributed by atoms with Gasteiger partial charge in [-0.3, -0.25) is 19.2 Å². The van der Waals surface area contributed by atoms with Gasteiger partial charge in [-0.25, -0.2) is 4.98 Å². The number of carbonyl (C=O) groups excluding carboxylic acids is 4. The summed E-state index contributed by atoms with van der Waals surface area (Å²) < 4.78 is 6.44. The molecule has 0 radical (unpaired) electrons. The Bertz CT molecular complexity index is 1620. The standard InChI is InChI=1S/C28H36N10O4/c1-34(2)10-7-8-30-25(39)21-12-18(15-36(21)4)31-26(40)22-13-19(16-37(22)5)32-27(41)23-14-20(17-38(23)6)33-28(42)24-29-9-11-35(24)3/h9,11-17H,7-8,10H2,1-6H3,(H,30,39)(H,31,40)(H,32,41)(H,33,42)/p+1. The number of aromatic nitrogens is 5. The molecule has 0 aromatic carbocycles. The van der Waals surface area contributed by atoms with Crippen LogP contribution >= 0.6 is 0 Å². The minimum absolute atomic E-state index is 0.212. The zero-order valence-electron chi connectivity index (χ0n) is 24.6. The SMILES string of the molecule is Cn1cc(NC(=O)c2cc(NC(=O)c3cc(NC(=O)c4nccn4C)cn3C)cn2C)cc1C(=O)NCCC[NH+](C)C. The summed E-state index contributed by atoms with van der Waals surface area (Å²) >= 11 is 0. The van der Waals surface area contributed by atoms with Gasteiger partial charge in [-0.05, 0) is 18.2 Å². The van der Waals surface area contributed by atoms with Crippen LogP contribution in [0.15, 0.2) is 49.2 Å². The lowest BCUT2D eigenvalue weighted by atomic mass is 10.3. The number of nitrogens with one attached hydrogen (secondary N) is 5. The molecule has 0 spiro atoms. The molecule has 0 saturated carbocycles.